The average molecular weight is 342 g/mol. The Morgan fingerprint density at radius 3 is 2.24 bits per heavy atom. The molecule has 4 nitrogen and oxygen atoms in total. The first-order valence-electron chi connectivity index (χ1n) is 8.24. The fourth-order valence-electron chi connectivity index (χ4n) is 2.07. The SMILES string of the molecule is C=C(/C=C\C(=C/C)OC(C)=O)C(C)(C)c1ccc(OC(=O)CC)cc1. The molecule has 0 aliphatic carbocycles. The summed E-state index contributed by atoms with van der Waals surface area (Å²) in [5.74, 6) is 0.383. The first-order valence-corrected chi connectivity index (χ1v) is 8.24. The van der Waals surface area contributed by atoms with Crippen molar-refractivity contribution in [3.63, 3.8) is 0 Å². The van der Waals surface area contributed by atoms with E-state index in [9.17, 15) is 9.59 Å². The molecule has 0 amide bonds. The predicted molar refractivity (Wildman–Crippen MR) is 99.2 cm³/mol. The lowest BCUT2D eigenvalue weighted by Crippen LogP contribution is -2.18. The summed E-state index contributed by atoms with van der Waals surface area (Å²) >= 11 is 0. The van der Waals surface area contributed by atoms with Crippen LogP contribution in [0.15, 0.2) is 60.4 Å². The van der Waals surface area contributed by atoms with Crippen molar-refractivity contribution >= 4 is 11.9 Å². The Kier molecular flexibility index (Phi) is 7.37. The Balaban J connectivity index is 2.90. The molecule has 0 aliphatic heterocycles. The van der Waals surface area contributed by atoms with E-state index in [0.29, 0.717) is 17.9 Å². The summed E-state index contributed by atoms with van der Waals surface area (Å²) in [6.07, 6.45) is 5.62. The van der Waals surface area contributed by atoms with Crippen LogP contribution in [-0.4, -0.2) is 11.9 Å². The molecule has 0 unspecified atom stereocenters. The van der Waals surface area contributed by atoms with Gasteiger partial charge in [-0.15, -0.1) is 0 Å². The highest BCUT2D eigenvalue weighted by Gasteiger charge is 2.23. The second-order valence-corrected chi connectivity index (χ2v) is 6.12. The number of carbonyl (C=O) groups excluding carboxylic acids is 2. The van der Waals surface area contributed by atoms with E-state index < -0.39 is 0 Å². The standard InChI is InChI=1S/C21H26O4/c1-7-18(24-16(4)22)12-9-15(3)21(5,6)17-10-13-19(14-11-17)25-20(23)8-2/h7,9-14H,3,8H2,1-2,4-6H3/b12-9-,18-7+. The third-order valence-corrected chi connectivity index (χ3v) is 3.89. The minimum atomic E-state index is -0.361. The molecular weight excluding hydrogens is 316 g/mol. The molecule has 0 saturated heterocycles. The Morgan fingerprint density at radius 2 is 1.76 bits per heavy atom. The van der Waals surface area contributed by atoms with Crippen LogP contribution >= 0.6 is 0 Å². The first kappa shape index (κ1) is 20.4. The van der Waals surface area contributed by atoms with Gasteiger partial charge in [-0.05, 0) is 42.3 Å². The van der Waals surface area contributed by atoms with E-state index >= 15 is 0 Å². The lowest BCUT2D eigenvalue weighted by molar-refractivity contribution is -0.136. The topological polar surface area (TPSA) is 52.6 Å². The maximum Gasteiger partial charge on any atom is 0.310 e. The van der Waals surface area contributed by atoms with Crippen LogP contribution in [0.4, 0.5) is 0 Å². The smallest absolute Gasteiger partial charge is 0.310 e. The highest BCUT2D eigenvalue weighted by Crippen LogP contribution is 2.32. The van der Waals surface area contributed by atoms with Crippen molar-refractivity contribution in [3.8, 4) is 5.75 Å². The number of carbonyl (C=O) groups is 2. The Labute approximate surface area is 149 Å². The van der Waals surface area contributed by atoms with Gasteiger partial charge in [0.15, 0.2) is 0 Å². The molecule has 1 rings (SSSR count). The van der Waals surface area contributed by atoms with Crippen LogP contribution < -0.4 is 4.74 Å². The summed E-state index contributed by atoms with van der Waals surface area (Å²) in [5, 5.41) is 0. The molecule has 0 spiro atoms. The minimum absolute atomic E-state index is 0.260. The molecule has 0 saturated carbocycles. The second-order valence-electron chi connectivity index (χ2n) is 6.12. The van der Waals surface area contributed by atoms with Crippen molar-refractivity contribution < 1.29 is 19.1 Å². The maximum atomic E-state index is 11.3. The van der Waals surface area contributed by atoms with Gasteiger partial charge in [0.1, 0.15) is 11.5 Å². The molecule has 134 valence electrons. The molecule has 0 fully saturated rings. The lowest BCUT2D eigenvalue weighted by atomic mass is 9.78. The molecule has 0 radical (unpaired) electrons. The molecule has 4 heteroatoms. The number of hydrogen-bond donors (Lipinski definition) is 0. The molecular formula is C21H26O4. The monoisotopic (exact) mass is 342 g/mol. The van der Waals surface area contributed by atoms with Crippen LogP contribution in [0, 0.1) is 0 Å². The van der Waals surface area contributed by atoms with Crippen molar-refractivity contribution in [2.45, 2.75) is 46.5 Å². The summed E-state index contributed by atoms with van der Waals surface area (Å²) < 4.78 is 10.3. The molecule has 0 aromatic heterocycles. The zero-order valence-corrected chi connectivity index (χ0v) is 15.6. The summed E-state index contributed by atoms with van der Waals surface area (Å²) in [6, 6.07) is 7.38. The number of esters is 2. The van der Waals surface area contributed by atoms with Gasteiger partial charge in [-0.1, -0.05) is 45.6 Å². The van der Waals surface area contributed by atoms with Gasteiger partial charge in [-0.2, -0.15) is 0 Å². The van der Waals surface area contributed by atoms with Crippen molar-refractivity contribution in [2.75, 3.05) is 0 Å². The number of hydrogen-bond acceptors (Lipinski definition) is 4. The van der Waals surface area contributed by atoms with E-state index in [1.807, 2.05) is 32.1 Å². The molecule has 1 aromatic rings. The van der Waals surface area contributed by atoms with Crippen LogP contribution in [0.25, 0.3) is 0 Å². The highest BCUT2D eigenvalue weighted by atomic mass is 16.5. The average Bonchev–Trinajstić information content (AvgIpc) is 2.58. The summed E-state index contributed by atoms with van der Waals surface area (Å²) in [6.45, 7) is 13.1. The minimum Gasteiger partial charge on any atom is -0.427 e. The zero-order valence-electron chi connectivity index (χ0n) is 15.6. The van der Waals surface area contributed by atoms with Gasteiger partial charge in [0.05, 0.1) is 0 Å². The van der Waals surface area contributed by atoms with Gasteiger partial charge >= 0.3 is 11.9 Å². The summed E-state index contributed by atoms with van der Waals surface area (Å²) in [7, 11) is 0. The van der Waals surface area contributed by atoms with Crippen molar-refractivity contribution in [3.05, 3.63) is 66.0 Å². The van der Waals surface area contributed by atoms with E-state index in [2.05, 4.69) is 6.58 Å². The molecule has 0 bridgehead atoms. The van der Waals surface area contributed by atoms with Crippen LogP contribution in [0.3, 0.4) is 0 Å². The molecule has 1 aromatic carbocycles. The van der Waals surface area contributed by atoms with Gasteiger partial charge < -0.3 is 9.47 Å². The molecule has 0 atom stereocenters. The van der Waals surface area contributed by atoms with E-state index in [1.165, 1.54) is 6.92 Å². The Hall–Kier alpha value is -2.62. The summed E-state index contributed by atoms with van der Waals surface area (Å²) in [4.78, 5) is 22.4. The van der Waals surface area contributed by atoms with E-state index in [0.717, 1.165) is 11.1 Å². The number of benzene rings is 1. The molecule has 0 N–H and O–H groups in total. The fraction of sp³-hybridized carbons (Fsp3) is 0.333. The van der Waals surface area contributed by atoms with Gasteiger partial charge in [-0.25, -0.2) is 0 Å². The third kappa shape index (κ3) is 6.07. The van der Waals surface area contributed by atoms with Gasteiger partial charge in [0, 0.05) is 18.8 Å². The largest absolute Gasteiger partial charge is 0.427 e. The van der Waals surface area contributed by atoms with Crippen molar-refractivity contribution in [1.82, 2.24) is 0 Å². The van der Waals surface area contributed by atoms with Crippen molar-refractivity contribution in [1.29, 1.82) is 0 Å². The van der Waals surface area contributed by atoms with Crippen LogP contribution in [0.5, 0.6) is 5.75 Å². The highest BCUT2D eigenvalue weighted by molar-refractivity contribution is 5.72. The van der Waals surface area contributed by atoms with E-state index in [-0.39, 0.29) is 17.4 Å². The Bertz CT molecular complexity index is 691. The Morgan fingerprint density at radius 1 is 1.16 bits per heavy atom. The van der Waals surface area contributed by atoms with Gasteiger partial charge in [0.2, 0.25) is 0 Å². The lowest BCUT2D eigenvalue weighted by Gasteiger charge is -2.26. The van der Waals surface area contributed by atoms with Crippen molar-refractivity contribution in [2.24, 2.45) is 0 Å². The third-order valence-electron chi connectivity index (χ3n) is 3.89. The number of ether oxygens (including phenoxy) is 2. The summed E-state index contributed by atoms with van der Waals surface area (Å²) in [5.41, 5.74) is 1.56. The first-order chi connectivity index (χ1) is 11.7. The zero-order chi connectivity index (χ0) is 19.0. The normalized spacial score (nSPS) is 12.1. The van der Waals surface area contributed by atoms with E-state index in [1.54, 1.807) is 38.1 Å². The number of allylic oxidation sites excluding steroid dienone is 4. The predicted octanol–water partition coefficient (Wildman–Crippen LogP) is 4.86. The second kappa shape index (κ2) is 9.02. The molecule has 25 heavy (non-hydrogen) atoms. The maximum absolute atomic E-state index is 11.3. The molecule has 0 aliphatic rings. The number of rotatable bonds is 7. The van der Waals surface area contributed by atoms with Gasteiger partial charge in [-0.3, -0.25) is 9.59 Å². The van der Waals surface area contributed by atoms with Gasteiger partial charge in [0.25, 0.3) is 0 Å². The van der Waals surface area contributed by atoms with Crippen LogP contribution in [0.2, 0.25) is 0 Å². The molecule has 0 heterocycles. The van der Waals surface area contributed by atoms with Crippen LogP contribution in [-0.2, 0) is 19.7 Å². The fourth-order valence-corrected chi connectivity index (χ4v) is 2.07. The van der Waals surface area contributed by atoms with Crippen LogP contribution in [0.1, 0.15) is 46.6 Å². The van der Waals surface area contributed by atoms with E-state index in [4.69, 9.17) is 9.47 Å². The quantitative estimate of drug-likeness (QED) is 0.307.